The minimum atomic E-state index is -4.18. The third-order valence-electron chi connectivity index (χ3n) is 2.71. The van der Waals surface area contributed by atoms with Crippen molar-refractivity contribution in [3.63, 3.8) is 0 Å². The second kappa shape index (κ2) is 14.6. The largest absolute Gasteiger partial charge is 0.499 e. The Hall–Kier alpha value is -0.0100. The molecule has 0 aliphatic rings. The fourth-order valence-electron chi connectivity index (χ4n) is 1.65. The number of rotatable bonds is 16. The van der Waals surface area contributed by atoms with Gasteiger partial charge in [0.2, 0.25) is 0 Å². The van der Waals surface area contributed by atoms with Crippen molar-refractivity contribution in [2.24, 2.45) is 0 Å². The molecule has 0 aromatic rings. The lowest BCUT2D eigenvalue weighted by molar-refractivity contribution is -0.264. The van der Waals surface area contributed by atoms with E-state index >= 15 is 0 Å². The van der Waals surface area contributed by atoms with Crippen molar-refractivity contribution in [1.29, 1.82) is 0 Å². The molecular formula is C14H31O7P. The highest BCUT2D eigenvalue weighted by Gasteiger charge is 2.24. The molecule has 0 spiro atoms. The summed E-state index contributed by atoms with van der Waals surface area (Å²) in [4.78, 5) is 14.6. The summed E-state index contributed by atoms with van der Waals surface area (Å²) in [6.45, 7) is 8.32. The Bertz CT molecular complexity index is 288. The van der Waals surface area contributed by atoms with E-state index in [1.807, 2.05) is 20.8 Å². The van der Waals surface area contributed by atoms with Gasteiger partial charge < -0.3 is 14.4 Å². The highest BCUT2D eigenvalue weighted by Crippen LogP contribution is 2.44. The normalized spacial score (nSPS) is 15.6. The van der Waals surface area contributed by atoms with Crippen molar-refractivity contribution in [2.75, 3.05) is 33.0 Å². The fourth-order valence-corrected chi connectivity index (χ4v) is 2.28. The molecule has 22 heavy (non-hydrogen) atoms. The molecule has 8 heteroatoms. The van der Waals surface area contributed by atoms with Gasteiger partial charge in [-0.2, -0.15) is 0 Å². The summed E-state index contributed by atoms with van der Waals surface area (Å²) in [5, 5.41) is 0. The van der Waals surface area contributed by atoms with Crippen molar-refractivity contribution in [2.45, 2.75) is 59.0 Å². The van der Waals surface area contributed by atoms with Crippen LogP contribution < -0.4 is 0 Å². The van der Waals surface area contributed by atoms with Crippen molar-refractivity contribution in [3.05, 3.63) is 0 Å². The van der Waals surface area contributed by atoms with E-state index in [0.717, 1.165) is 19.3 Å². The van der Waals surface area contributed by atoms with Crippen molar-refractivity contribution < 1.29 is 33.0 Å². The van der Waals surface area contributed by atoms with E-state index in [-0.39, 0.29) is 12.7 Å². The molecule has 0 saturated carbocycles. The van der Waals surface area contributed by atoms with Crippen LogP contribution in [0.3, 0.4) is 0 Å². The van der Waals surface area contributed by atoms with Crippen LogP contribution in [0.4, 0.5) is 0 Å². The van der Waals surface area contributed by atoms with Gasteiger partial charge in [-0.1, -0.05) is 20.3 Å². The van der Waals surface area contributed by atoms with E-state index in [1.165, 1.54) is 0 Å². The first-order chi connectivity index (χ1) is 10.6. The van der Waals surface area contributed by atoms with Crippen molar-refractivity contribution in [3.8, 4) is 0 Å². The van der Waals surface area contributed by atoms with E-state index in [1.54, 1.807) is 0 Å². The molecule has 0 saturated heterocycles. The summed E-state index contributed by atoms with van der Waals surface area (Å²) in [6, 6.07) is 0. The Morgan fingerprint density at radius 2 is 1.73 bits per heavy atom. The minimum Gasteiger partial charge on any atom is -0.382 e. The zero-order chi connectivity index (χ0) is 16.7. The average Bonchev–Trinajstić information content (AvgIpc) is 2.48. The lowest BCUT2D eigenvalue weighted by Gasteiger charge is -2.17. The van der Waals surface area contributed by atoms with Crippen LogP contribution in [0.5, 0.6) is 0 Å². The number of ether oxygens (including phenoxy) is 2. The zero-order valence-corrected chi connectivity index (χ0v) is 14.9. The maximum atomic E-state index is 11.7. The predicted molar refractivity (Wildman–Crippen MR) is 83.5 cm³/mol. The van der Waals surface area contributed by atoms with Crippen LogP contribution in [-0.4, -0.2) is 44.0 Å². The van der Waals surface area contributed by atoms with Crippen LogP contribution in [0.15, 0.2) is 0 Å². The number of phosphoric ester groups is 1. The highest BCUT2D eigenvalue weighted by molar-refractivity contribution is 7.47. The summed E-state index contributed by atoms with van der Waals surface area (Å²) in [5.74, 6) is 0. The molecule has 0 aromatic heterocycles. The number of hydrogen-bond acceptors (Lipinski definition) is 6. The third kappa shape index (κ3) is 13.6. The Kier molecular flexibility index (Phi) is 14.6. The molecule has 0 fully saturated rings. The summed E-state index contributed by atoms with van der Waals surface area (Å²) in [5.41, 5.74) is 0. The summed E-state index contributed by atoms with van der Waals surface area (Å²) >= 11 is 0. The molecule has 134 valence electrons. The maximum Gasteiger partial charge on any atom is 0.499 e. The third-order valence-corrected chi connectivity index (χ3v) is 3.49. The van der Waals surface area contributed by atoms with Crippen molar-refractivity contribution >= 4 is 7.82 Å². The second-order valence-electron chi connectivity index (χ2n) is 4.83. The van der Waals surface area contributed by atoms with Crippen molar-refractivity contribution in [1.82, 2.24) is 0 Å². The van der Waals surface area contributed by atoms with Gasteiger partial charge >= 0.3 is 7.82 Å². The molecule has 2 atom stereocenters. The molecular weight excluding hydrogens is 311 g/mol. The quantitative estimate of drug-likeness (QED) is 0.199. The summed E-state index contributed by atoms with van der Waals surface area (Å²) in [6.07, 6.45) is 3.39. The topological polar surface area (TPSA) is 83.5 Å². The molecule has 7 nitrogen and oxygen atoms in total. The summed E-state index contributed by atoms with van der Waals surface area (Å²) < 4.78 is 31.6. The number of phosphoric acid groups is 1. The van der Waals surface area contributed by atoms with E-state index in [0.29, 0.717) is 39.3 Å². The minimum absolute atomic E-state index is 0.0816. The Morgan fingerprint density at radius 3 is 2.36 bits per heavy atom. The van der Waals surface area contributed by atoms with Gasteiger partial charge in [0.1, 0.15) is 0 Å². The van der Waals surface area contributed by atoms with Crippen LogP contribution in [0.25, 0.3) is 0 Å². The van der Waals surface area contributed by atoms with Gasteiger partial charge in [0.25, 0.3) is 0 Å². The first kappa shape index (κ1) is 22.0. The molecule has 0 radical (unpaired) electrons. The highest BCUT2D eigenvalue weighted by atomic mass is 31.2. The molecule has 1 N–H and O–H groups in total. The first-order valence-electron chi connectivity index (χ1n) is 8.03. The molecule has 0 aliphatic carbocycles. The van der Waals surface area contributed by atoms with Gasteiger partial charge in [0.05, 0.1) is 12.7 Å². The van der Waals surface area contributed by atoms with E-state index in [4.69, 9.17) is 18.9 Å². The smallest absolute Gasteiger partial charge is 0.382 e. The fraction of sp³-hybridized carbons (Fsp3) is 1.00. The van der Waals surface area contributed by atoms with Gasteiger partial charge in [-0.25, -0.2) is 9.45 Å². The standard InChI is InChI=1S/C14H31O7P/c1-4-8-14(9-13-17-6-3)20-21-22(15,16)19-12-7-11-18-10-5-2/h14H,4-13H2,1-3H3,(H,15,16). The van der Waals surface area contributed by atoms with Gasteiger partial charge in [-0.05, 0) is 26.2 Å². The lowest BCUT2D eigenvalue weighted by atomic mass is 10.1. The molecule has 0 aliphatic heterocycles. The molecule has 0 rings (SSSR count). The van der Waals surface area contributed by atoms with E-state index < -0.39 is 7.82 Å². The lowest BCUT2D eigenvalue weighted by Crippen LogP contribution is -2.16. The number of hydrogen-bond donors (Lipinski definition) is 1. The second-order valence-corrected chi connectivity index (χ2v) is 6.18. The van der Waals surface area contributed by atoms with Crippen LogP contribution in [-0.2, 0) is 28.1 Å². The van der Waals surface area contributed by atoms with Gasteiger partial charge in [0.15, 0.2) is 0 Å². The molecule has 0 amide bonds. The maximum absolute atomic E-state index is 11.7. The van der Waals surface area contributed by atoms with E-state index in [2.05, 4.69) is 4.67 Å². The Labute approximate surface area is 133 Å². The Balaban J connectivity index is 3.87. The van der Waals surface area contributed by atoms with Gasteiger partial charge in [-0.3, -0.25) is 4.52 Å². The molecule has 0 bridgehead atoms. The predicted octanol–water partition coefficient (Wildman–Crippen LogP) is 3.46. The SMILES string of the molecule is CCCOCCCOP(=O)(O)OOC(CCC)CCOCC. The van der Waals surface area contributed by atoms with Crippen LogP contribution in [0.2, 0.25) is 0 Å². The van der Waals surface area contributed by atoms with Gasteiger partial charge in [-0.15, -0.1) is 4.67 Å². The summed E-state index contributed by atoms with van der Waals surface area (Å²) in [7, 11) is -4.18. The van der Waals surface area contributed by atoms with Gasteiger partial charge in [0, 0.05) is 32.8 Å². The molecule has 0 aromatic carbocycles. The monoisotopic (exact) mass is 342 g/mol. The average molecular weight is 342 g/mol. The first-order valence-corrected chi connectivity index (χ1v) is 9.53. The molecule has 2 unspecified atom stereocenters. The van der Waals surface area contributed by atoms with Crippen LogP contribution >= 0.6 is 7.82 Å². The van der Waals surface area contributed by atoms with Crippen LogP contribution in [0.1, 0.15) is 52.9 Å². The Morgan fingerprint density at radius 1 is 0.955 bits per heavy atom. The zero-order valence-electron chi connectivity index (χ0n) is 14.0. The molecule has 0 heterocycles. The van der Waals surface area contributed by atoms with E-state index in [9.17, 15) is 9.46 Å². The van der Waals surface area contributed by atoms with Crippen LogP contribution in [0, 0.1) is 0 Å².